The molecule has 0 radical (unpaired) electrons. The Balaban J connectivity index is 1.32. The zero-order chi connectivity index (χ0) is 30.5. The van der Waals surface area contributed by atoms with E-state index in [1.807, 2.05) is 25.6 Å². The van der Waals surface area contributed by atoms with Crippen molar-refractivity contribution in [1.29, 1.82) is 0 Å². The van der Waals surface area contributed by atoms with Gasteiger partial charge in [-0.3, -0.25) is 19.8 Å². The second-order valence-electron chi connectivity index (χ2n) is 12.9. The van der Waals surface area contributed by atoms with Crippen molar-refractivity contribution in [2.24, 2.45) is 7.05 Å². The Bertz CT molecular complexity index is 1760. The highest BCUT2D eigenvalue weighted by molar-refractivity contribution is 6.19. The molecule has 2 aromatic heterocycles. The molecule has 2 N–H and O–H groups in total. The lowest BCUT2D eigenvalue weighted by Crippen LogP contribution is -2.46. The van der Waals surface area contributed by atoms with Crippen molar-refractivity contribution in [3.05, 3.63) is 58.9 Å². The Morgan fingerprint density at radius 2 is 1.84 bits per heavy atom. The van der Waals surface area contributed by atoms with Crippen molar-refractivity contribution in [3.63, 3.8) is 0 Å². The van der Waals surface area contributed by atoms with Gasteiger partial charge < -0.3 is 19.7 Å². The molecule has 0 saturated carbocycles. The summed E-state index contributed by atoms with van der Waals surface area (Å²) in [5.74, 6) is 0.0199. The number of fused-ring (bicyclic) bond motifs is 10. The van der Waals surface area contributed by atoms with Crippen molar-refractivity contribution in [1.82, 2.24) is 34.9 Å². The van der Waals surface area contributed by atoms with Gasteiger partial charge in [-0.25, -0.2) is 0 Å². The predicted octanol–water partition coefficient (Wildman–Crippen LogP) is 4.86. The lowest BCUT2D eigenvalue weighted by molar-refractivity contribution is 0.0276. The van der Waals surface area contributed by atoms with Crippen LogP contribution >= 0.6 is 0 Å². The molecule has 2 aromatic carbocycles. The fraction of sp³-hybridized carbons (Fsp3) is 0.486. The van der Waals surface area contributed by atoms with Crippen LogP contribution in [0.3, 0.4) is 0 Å². The quantitative estimate of drug-likeness (QED) is 0.202. The fourth-order valence-electron chi connectivity index (χ4n) is 7.52. The number of likely N-dealkylation sites (N-methyl/N-ethyl adjacent to an activating group) is 1. The SMILES string of the molecule is C=C(NOC(C)C)c1ccc2c(c1)c1c3c(c4c(c1n2CCCCN1CCN(CC)CC1)CCc1nn(C)cc1-4)C(=O)NC3. The summed E-state index contributed by atoms with van der Waals surface area (Å²) in [5.41, 5.74) is 13.7. The number of aromatic nitrogens is 3. The minimum absolute atomic E-state index is 0.0199. The molecule has 232 valence electrons. The minimum Gasteiger partial charge on any atom is -0.348 e. The lowest BCUT2D eigenvalue weighted by Gasteiger charge is -2.34. The maximum atomic E-state index is 13.5. The van der Waals surface area contributed by atoms with Gasteiger partial charge >= 0.3 is 0 Å². The maximum Gasteiger partial charge on any atom is 0.252 e. The van der Waals surface area contributed by atoms with Crippen molar-refractivity contribution in [3.8, 4) is 11.1 Å². The van der Waals surface area contributed by atoms with Gasteiger partial charge in [0.2, 0.25) is 0 Å². The summed E-state index contributed by atoms with van der Waals surface area (Å²) in [6.07, 6.45) is 6.15. The first-order valence-electron chi connectivity index (χ1n) is 16.3. The van der Waals surface area contributed by atoms with E-state index in [-0.39, 0.29) is 12.0 Å². The molecule has 0 unspecified atom stereocenters. The van der Waals surface area contributed by atoms with Crippen LogP contribution in [0.25, 0.3) is 38.6 Å². The molecule has 0 bridgehead atoms. The highest BCUT2D eigenvalue weighted by Gasteiger charge is 2.35. The van der Waals surface area contributed by atoms with Crippen molar-refractivity contribution in [2.45, 2.75) is 65.6 Å². The normalized spacial score (nSPS) is 16.9. The molecule has 1 aliphatic carbocycles. The van der Waals surface area contributed by atoms with E-state index in [1.54, 1.807) is 0 Å². The third-order valence-corrected chi connectivity index (χ3v) is 9.73. The van der Waals surface area contributed by atoms with E-state index in [9.17, 15) is 4.79 Å². The Morgan fingerprint density at radius 3 is 2.61 bits per heavy atom. The van der Waals surface area contributed by atoms with Gasteiger partial charge in [-0.05, 0) is 75.9 Å². The molecular weight excluding hydrogens is 550 g/mol. The number of hydrogen-bond donors (Lipinski definition) is 2. The topological polar surface area (TPSA) is 79.6 Å². The van der Waals surface area contributed by atoms with Gasteiger partial charge in [-0.15, -0.1) is 0 Å². The predicted molar refractivity (Wildman–Crippen MR) is 176 cm³/mol. The van der Waals surface area contributed by atoms with Gasteiger partial charge in [0.15, 0.2) is 0 Å². The van der Waals surface area contributed by atoms with E-state index in [0.717, 1.165) is 78.1 Å². The first-order chi connectivity index (χ1) is 21.3. The van der Waals surface area contributed by atoms with Gasteiger partial charge in [-0.1, -0.05) is 19.6 Å². The average molecular weight is 596 g/mol. The number of carbonyl (C=O) groups excluding carboxylic acids is 1. The van der Waals surface area contributed by atoms with Gasteiger partial charge in [0.25, 0.3) is 5.91 Å². The number of nitrogens with zero attached hydrogens (tertiary/aromatic N) is 5. The van der Waals surface area contributed by atoms with Gasteiger partial charge in [-0.2, -0.15) is 5.10 Å². The van der Waals surface area contributed by atoms with Crippen LogP contribution in [0.15, 0.2) is 31.0 Å². The van der Waals surface area contributed by atoms with Crippen LogP contribution in [0.5, 0.6) is 0 Å². The zero-order valence-corrected chi connectivity index (χ0v) is 26.6. The summed E-state index contributed by atoms with van der Waals surface area (Å²) >= 11 is 0. The van der Waals surface area contributed by atoms with E-state index < -0.39 is 0 Å². The number of rotatable bonds is 10. The minimum atomic E-state index is 0.0199. The van der Waals surface area contributed by atoms with Crippen LogP contribution in [0.1, 0.15) is 66.4 Å². The van der Waals surface area contributed by atoms with E-state index in [4.69, 9.17) is 9.94 Å². The van der Waals surface area contributed by atoms with Crippen LogP contribution in [-0.4, -0.2) is 75.4 Å². The van der Waals surface area contributed by atoms with E-state index in [1.165, 1.54) is 60.0 Å². The molecule has 0 spiro atoms. The van der Waals surface area contributed by atoms with Gasteiger partial charge in [0.1, 0.15) is 0 Å². The Labute approximate surface area is 259 Å². The van der Waals surface area contributed by atoms with Gasteiger partial charge in [0.05, 0.1) is 28.6 Å². The Morgan fingerprint density at radius 1 is 1.07 bits per heavy atom. The van der Waals surface area contributed by atoms with Crippen molar-refractivity contribution in [2.75, 3.05) is 39.3 Å². The van der Waals surface area contributed by atoms with Crippen molar-refractivity contribution < 1.29 is 9.63 Å². The van der Waals surface area contributed by atoms with E-state index in [0.29, 0.717) is 6.54 Å². The summed E-state index contributed by atoms with van der Waals surface area (Å²) in [6, 6.07) is 6.60. The highest BCUT2D eigenvalue weighted by atomic mass is 16.7. The fourth-order valence-corrected chi connectivity index (χ4v) is 7.52. The third-order valence-electron chi connectivity index (χ3n) is 9.73. The largest absolute Gasteiger partial charge is 0.348 e. The zero-order valence-electron chi connectivity index (χ0n) is 26.6. The summed E-state index contributed by atoms with van der Waals surface area (Å²) < 4.78 is 4.44. The molecular formula is C35H45N7O2. The van der Waals surface area contributed by atoms with Crippen molar-refractivity contribution >= 4 is 33.4 Å². The summed E-state index contributed by atoms with van der Waals surface area (Å²) in [7, 11) is 1.97. The lowest BCUT2D eigenvalue weighted by atomic mass is 9.82. The number of hydrogen-bond acceptors (Lipinski definition) is 6. The molecule has 1 fully saturated rings. The van der Waals surface area contributed by atoms with E-state index >= 15 is 0 Å². The molecule has 4 aromatic rings. The molecule has 2 aliphatic heterocycles. The number of unbranched alkanes of at least 4 members (excludes halogenated alkanes) is 1. The third kappa shape index (κ3) is 5.01. The molecule has 9 heteroatoms. The molecule has 44 heavy (non-hydrogen) atoms. The highest BCUT2D eigenvalue weighted by Crippen LogP contribution is 2.47. The number of benzene rings is 2. The second-order valence-corrected chi connectivity index (χ2v) is 12.9. The monoisotopic (exact) mass is 595 g/mol. The molecule has 0 atom stereocenters. The van der Waals surface area contributed by atoms with Gasteiger partial charge in [0, 0.05) is 85.5 Å². The standard InChI is InChI=1S/C35H45N7O2/c1-6-40-15-17-41(18-16-40)13-7-8-14-42-30-12-9-24(23(4)38-44-22(2)3)19-26(30)32-27-20-36-35(43)33(27)31-25(34(32)42)10-11-29-28(31)21-39(5)37-29/h9,12,19,21-22,38H,4,6-8,10-11,13-18,20H2,1-3,5H3,(H,36,43). The average Bonchev–Trinajstić information content (AvgIpc) is 3.70. The maximum absolute atomic E-state index is 13.5. The number of nitrogens with one attached hydrogen (secondary N) is 2. The Kier molecular flexibility index (Phi) is 7.72. The number of carbonyl (C=O) groups is 1. The van der Waals surface area contributed by atoms with Crippen LogP contribution in [-0.2, 0) is 37.8 Å². The first kappa shape index (κ1) is 29.1. The smallest absolute Gasteiger partial charge is 0.252 e. The Hall–Kier alpha value is -3.66. The van der Waals surface area contributed by atoms with Crippen LogP contribution in [0, 0.1) is 0 Å². The first-order valence-corrected chi connectivity index (χ1v) is 16.3. The molecule has 1 saturated heterocycles. The number of piperazine rings is 1. The number of hydroxylamine groups is 1. The van der Waals surface area contributed by atoms with Crippen LogP contribution in [0.2, 0.25) is 0 Å². The molecule has 1 amide bonds. The second kappa shape index (κ2) is 11.7. The molecule has 9 nitrogen and oxygen atoms in total. The summed E-state index contributed by atoms with van der Waals surface area (Å²) in [5, 5.41) is 10.3. The number of amides is 1. The molecule has 7 rings (SSSR count). The van der Waals surface area contributed by atoms with E-state index in [2.05, 4.69) is 63.1 Å². The summed E-state index contributed by atoms with van der Waals surface area (Å²) in [6.45, 7) is 19.0. The molecule has 3 aliphatic rings. The van der Waals surface area contributed by atoms with Crippen LogP contribution in [0.4, 0.5) is 0 Å². The summed E-state index contributed by atoms with van der Waals surface area (Å²) in [4.78, 5) is 24.3. The molecule has 4 heterocycles. The number of aryl methyl sites for hydroxylation is 4. The van der Waals surface area contributed by atoms with Crippen LogP contribution < -0.4 is 10.8 Å².